The van der Waals surface area contributed by atoms with Gasteiger partial charge < -0.3 is 5.11 Å². The van der Waals surface area contributed by atoms with Gasteiger partial charge in [-0.1, -0.05) is 0 Å². The van der Waals surface area contributed by atoms with Crippen LogP contribution in [0.2, 0.25) is 0 Å². The number of rotatable bonds is 5. The zero-order valence-corrected chi connectivity index (χ0v) is 16.9. The third kappa shape index (κ3) is 4.52. The van der Waals surface area contributed by atoms with Crippen LogP contribution in [0.15, 0.2) is 24.3 Å². The molecule has 122 valence electrons. The van der Waals surface area contributed by atoms with Gasteiger partial charge in [-0.2, -0.15) is 0 Å². The molecular formula is C19H22O3W. The van der Waals surface area contributed by atoms with Gasteiger partial charge in [-0.15, -0.1) is 0 Å². The molecule has 3 nitrogen and oxygen atoms in total. The monoisotopic (exact) mass is 482 g/mol. The minimum atomic E-state index is 0.318. The van der Waals surface area contributed by atoms with E-state index in [1.54, 1.807) is 0 Å². The van der Waals surface area contributed by atoms with E-state index in [0.717, 1.165) is 59.5 Å². The zero-order valence-electron chi connectivity index (χ0n) is 13.9. The van der Waals surface area contributed by atoms with Crippen molar-refractivity contribution in [2.45, 2.75) is 40.5 Å². The average Bonchev–Trinajstić information content (AvgIpc) is 2.46. The summed E-state index contributed by atoms with van der Waals surface area (Å²) in [6.45, 7) is 7.81. The molecule has 0 radical (unpaired) electrons. The van der Waals surface area contributed by atoms with E-state index in [1.165, 1.54) is 5.56 Å². The van der Waals surface area contributed by atoms with Crippen molar-refractivity contribution in [2.24, 2.45) is 0 Å². The standard InChI is InChI=1S/C19H22O3.W/c1-12-10-17(11-13(2)18(12)21)22-19-14(3)8-16(6-5-7-20)9-15(19)4;/h8-11,20-21H,5-6H2,1-4H3;. The number of aliphatic hydroxyl groups excluding tert-OH is 1. The van der Waals surface area contributed by atoms with Crippen molar-refractivity contribution >= 4 is 4.08 Å². The van der Waals surface area contributed by atoms with Gasteiger partial charge in [-0.05, 0) is 0 Å². The van der Waals surface area contributed by atoms with Crippen LogP contribution >= 0.6 is 0 Å². The molecule has 0 spiro atoms. The minimum absolute atomic E-state index is 0.318. The van der Waals surface area contributed by atoms with E-state index < -0.39 is 0 Å². The number of ether oxygens (including phenoxy) is 1. The molecule has 0 heterocycles. The van der Waals surface area contributed by atoms with Crippen LogP contribution in [0.4, 0.5) is 0 Å². The van der Waals surface area contributed by atoms with Gasteiger partial charge in [0, 0.05) is 0 Å². The van der Waals surface area contributed by atoms with Gasteiger partial charge in [-0.3, -0.25) is 0 Å². The topological polar surface area (TPSA) is 49.7 Å². The molecule has 23 heavy (non-hydrogen) atoms. The van der Waals surface area contributed by atoms with E-state index in [1.807, 2.05) is 39.8 Å². The summed E-state index contributed by atoms with van der Waals surface area (Å²) in [5, 5.41) is 19.3. The molecule has 4 heteroatoms. The summed E-state index contributed by atoms with van der Waals surface area (Å²) in [6.07, 6.45) is 1.56. The van der Waals surface area contributed by atoms with E-state index in [-0.39, 0.29) is 0 Å². The van der Waals surface area contributed by atoms with Crippen LogP contribution in [-0.4, -0.2) is 14.3 Å². The number of phenols is 1. The summed E-state index contributed by atoms with van der Waals surface area (Å²) in [6, 6.07) is 7.92. The number of aryl methyl sites for hydroxylation is 5. The number of aliphatic hydroxyl groups is 1. The summed E-state index contributed by atoms with van der Waals surface area (Å²) in [4.78, 5) is 0. The second-order valence-corrected chi connectivity index (χ2v) is 7.65. The number of aromatic hydroxyl groups is 1. The van der Waals surface area contributed by atoms with Gasteiger partial charge in [0.15, 0.2) is 0 Å². The van der Waals surface area contributed by atoms with Crippen molar-refractivity contribution in [3.05, 3.63) is 52.1 Å². The SMILES string of the molecule is Cc1cc(Oc2c(C)cc(CC[C](O)=[W])cc2C)cc(C)c1O. The van der Waals surface area contributed by atoms with Crippen LogP contribution in [-0.2, 0) is 25.8 Å². The molecule has 0 unspecified atom stereocenters. The fourth-order valence-electron chi connectivity index (χ4n) is 2.69. The Kier molecular flexibility index (Phi) is 5.78. The number of hydrogen-bond donors (Lipinski definition) is 2. The van der Waals surface area contributed by atoms with Crippen LogP contribution in [0.1, 0.15) is 34.2 Å². The van der Waals surface area contributed by atoms with Crippen LogP contribution in [0.5, 0.6) is 17.2 Å². The van der Waals surface area contributed by atoms with Crippen molar-refractivity contribution in [3.8, 4) is 17.2 Å². The Morgan fingerprint density at radius 2 is 1.48 bits per heavy atom. The van der Waals surface area contributed by atoms with E-state index in [9.17, 15) is 10.2 Å². The molecule has 0 aliphatic carbocycles. The number of phenolic OH excluding ortho intramolecular Hbond substituents is 1. The molecule has 0 aliphatic rings. The van der Waals surface area contributed by atoms with E-state index in [2.05, 4.69) is 12.1 Å². The summed E-state index contributed by atoms with van der Waals surface area (Å²) in [5.74, 6) is 1.91. The molecular weight excluding hydrogens is 460 g/mol. The molecule has 0 aromatic heterocycles. The molecule has 0 bridgehead atoms. The molecule has 2 rings (SSSR count). The zero-order chi connectivity index (χ0) is 17.1. The Morgan fingerprint density at radius 1 is 0.957 bits per heavy atom. The molecule has 0 saturated heterocycles. The van der Waals surface area contributed by atoms with Crippen molar-refractivity contribution in [1.82, 2.24) is 0 Å². The molecule has 0 saturated carbocycles. The first-order valence-corrected chi connectivity index (χ1v) is 9.04. The molecule has 2 aromatic carbocycles. The van der Waals surface area contributed by atoms with E-state index in [4.69, 9.17) is 4.74 Å². The van der Waals surface area contributed by atoms with Crippen LogP contribution in [0, 0.1) is 27.7 Å². The van der Waals surface area contributed by atoms with Crippen molar-refractivity contribution in [2.75, 3.05) is 0 Å². The summed E-state index contributed by atoms with van der Waals surface area (Å²) < 4.78 is 6.61. The van der Waals surface area contributed by atoms with Gasteiger partial charge in [0.25, 0.3) is 0 Å². The maximum absolute atomic E-state index is 9.87. The Bertz CT molecular complexity index is 704. The Hall–Kier alpha value is -1.44. The first-order valence-electron chi connectivity index (χ1n) is 7.58. The van der Waals surface area contributed by atoms with Crippen molar-refractivity contribution in [3.63, 3.8) is 0 Å². The molecule has 2 N–H and O–H groups in total. The Morgan fingerprint density at radius 3 is 1.96 bits per heavy atom. The predicted octanol–water partition coefficient (Wildman–Crippen LogP) is 4.40. The van der Waals surface area contributed by atoms with Crippen LogP contribution in [0.3, 0.4) is 0 Å². The summed E-state index contributed by atoms with van der Waals surface area (Å²) in [7, 11) is 0. The van der Waals surface area contributed by atoms with Crippen molar-refractivity contribution in [1.29, 1.82) is 0 Å². The smallest absolute Gasteiger partial charge is 0.507 e. The fraction of sp³-hybridized carbons (Fsp3) is 0.316. The van der Waals surface area contributed by atoms with Gasteiger partial charge in [0.2, 0.25) is 0 Å². The van der Waals surface area contributed by atoms with Crippen LogP contribution in [0.25, 0.3) is 0 Å². The molecule has 0 atom stereocenters. The number of hydrogen-bond acceptors (Lipinski definition) is 3. The molecule has 0 aliphatic heterocycles. The first kappa shape index (κ1) is 17.9. The van der Waals surface area contributed by atoms with Gasteiger partial charge in [0.05, 0.1) is 0 Å². The molecule has 2 aromatic rings. The summed E-state index contributed by atoms with van der Waals surface area (Å²) >= 11 is 1.13. The fourth-order valence-corrected chi connectivity index (χ4v) is 3.06. The van der Waals surface area contributed by atoms with E-state index >= 15 is 0 Å². The number of benzene rings is 2. The van der Waals surface area contributed by atoms with Gasteiger partial charge >= 0.3 is 143 Å². The van der Waals surface area contributed by atoms with Gasteiger partial charge in [-0.25, -0.2) is 0 Å². The van der Waals surface area contributed by atoms with Gasteiger partial charge in [0.1, 0.15) is 0 Å². The van der Waals surface area contributed by atoms with E-state index in [0.29, 0.717) is 16.3 Å². The molecule has 0 fully saturated rings. The quantitative estimate of drug-likeness (QED) is 0.665. The summed E-state index contributed by atoms with van der Waals surface area (Å²) in [5.41, 5.74) is 4.97. The first-order chi connectivity index (χ1) is 10.8. The maximum atomic E-state index is 9.87. The third-order valence-electron chi connectivity index (χ3n) is 3.83. The second-order valence-electron chi connectivity index (χ2n) is 5.96. The third-order valence-corrected chi connectivity index (χ3v) is 4.57. The minimum Gasteiger partial charge on any atom is -0.507 e. The predicted molar refractivity (Wildman–Crippen MR) is 88.8 cm³/mol. The van der Waals surface area contributed by atoms with Crippen LogP contribution < -0.4 is 4.74 Å². The van der Waals surface area contributed by atoms with Crippen molar-refractivity contribution < 1.29 is 34.3 Å². The second kappa shape index (κ2) is 7.42. The normalized spacial score (nSPS) is 10.7. The Balaban J connectivity index is 2.28. The molecule has 0 amide bonds. The average molecular weight is 482 g/mol. The Labute approximate surface area is 148 Å².